The standard InChI is InChI=1S/C9H13N3/c1-8-3-4-9(2)12(6-5-8)11-7-10/h3-8H,2H2,1H3,(H2,10,11). The van der Waals surface area contributed by atoms with Gasteiger partial charge in [0.2, 0.25) is 0 Å². The molecule has 0 saturated carbocycles. The Bertz CT molecular complexity index is 250. The van der Waals surface area contributed by atoms with Gasteiger partial charge in [0.05, 0.1) is 5.70 Å². The van der Waals surface area contributed by atoms with Gasteiger partial charge < -0.3 is 5.73 Å². The van der Waals surface area contributed by atoms with Crippen molar-refractivity contribution < 1.29 is 0 Å². The number of nitrogens with two attached hydrogens (primary N) is 1. The van der Waals surface area contributed by atoms with E-state index in [-0.39, 0.29) is 0 Å². The van der Waals surface area contributed by atoms with Crippen molar-refractivity contribution in [3.63, 3.8) is 0 Å². The second kappa shape index (κ2) is 3.76. The van der Waals surface area contributed by atoms with Crippen LogP contribution in [0.5, 0.6) is 0 Å². The smallest absolute Gasteiger partial charge is 0.107 e. The third-order valence-electron chi connectivity index (χ3n) is 1.61. The molecule has 1 rings (SSSR count). The van der Waals surface area contributed by atoms with Crippen LogP contribution in [0.2, 0.25) is 0 Å². The van der Waals surface area contributed by atoms with Gasteiger partial charge in [-0.1, -0.05) is 25.7 Å². The first kappa shape index (κ1) is 8.59. The first-order chi connectivity index (χ1) is 5.74. The Hall–Kier alpha value is -1.51. The summed E-state index contributed by atoms with van der Waals surface area (Å²) in [5.74, 6) is 0.416. The minimum Gasteiger partial charge on any atom is -0.388 e. The highest BCUT2D eigenvalue weighted by atomic mass is 15.4. The van der Waals surface area contributed by atoms with E-state index >= 15 is 0 Å². The molecule has 12 heavy (non-hydrogen) atoms. The lowest BCUT2D eigenvalue weighted by molar-refractivity contribution is 0.518. The quantitative estimate of drug-likeness (QED) is 0.469. The molecule has 3 heteroatoms. The summed E-state index contributed by atoms with van der Waals surface area (Å²) in [5, 5.41) is 5.55. The zero-order chi connectivity index (χ0) is 8.97. The van der Waals surface area contributed by atoms with E-state index in [1.807, 2.05) is 18.4 Å². The van der Waals surface area contributed by atoms with Crippen LogP contribution in [0.1, 0.15) is 6.92 Å². The normalized spacial score (nSPS) is 23.6. The van der Waals surface area contributed by atoms with E-state index in [1.165, 1.54) is 6.34 Å². The fourth-order valence-electron chi connectivity index (χ4n) is 0.901. The van der Waals surface area contributed by atoms with Gasteiger partial charge in [-0.3, -0.25) is 0 Å². The van der Waals surface area contributed by atoms with Gasteiger partial charge in [-0.05, 0) is 12.0 Å². The van der Waals surface area contributed by atoms with Crippen LogP contribution in [0.25, 0.3) is 0 Å². The highest BCUT2D eigenvalue weighted by Crippen LogP contribution is 2.13. The van der Waals surface area contributed by atoms with Gasteiger partial charge in [0.15, 0.2) is 0 Å². The fraction of sp³-hybridized carbons (Fsp3) is 0.222. The van der Waals surface area contributed by atoms with E-state index in [2.05, 4.69) is 24.7 Å². The highest BCUT2D eigenvalue weighted by Gasteiger charge is 2.02. The van der Waals surface area contributed by atoms with Gasteiger partial charge in [-0.2, -0.15) is 5.10 Å². The van der Waals surface area contributed by atoms with Crippen molar-refractivity contribution in [3.05, 3.63) is 36.7 Å². The van der Waals surface area contributed by atoms with Crippen molar-refractivity contribution in [2.24, 2.45) is 16.8 Å². The summed E-state index contributed by atoms with van der Waals surface area (Å²) in [5.41, 5.74) is 5.99. The first-order valence-electron chi connectivity index (χ1n) is 3.83. The van der Waals surface area contributed by atoms with E-state index in [9.17, 15) is 0 Å². The van der Waals surface area contributed by atoms with Crippen LogP contribution in [0.3, 0.4) is 0 Å². The Kier molecular flexibility index (Phi) is 2.69. The molecule has 0 amide bonds. The predicted octanol–water partition coefficient (Wildman–Crippen LogP) is 1.42. The van der Waals surface area contributed by atoms with Crippen molar-refractivity contribution in [3.8, 4) is 0 Å². The van der Waals surface area contributed by atoms with E-state index < -0.39 is 0 Å². The third kappa shape index (κ3) is 1.99. The Balaban J connectivity index is 2.82. The summed E-state index contributed by atoms with van der Waals surface area (Å²) in [6.45, 7) is 5.92. The molecule has 0 aromatic heterocycles. The molecule has 1 heterocycles. The number of nitrogens with zero attached hydrogens (tertiary/aromatic N) is 2. The Morgan fingerprint density at radius 2 is 2.42 bits per heavy atom. The summed E-state index contributed by atoms with van der Waals surface area (Å²) in [6, 6.07) is 0. The topological polar surface area (TPSA) is 41.6 Å². The largest absolute Gasteiger partial charge is 0.388 e. The number of hydrogen-bond acceptors (Lipinski definition) is 2. The van der Waals surface area contributed by atoms with Crippen LogP contribution in [-0.2, 0) is 0 Å². The van der Waals surface area contributed by atoms with E-state index in [4.69, 9.17) is 5.73 Å². The van der Waals surface area contributed by atoms with Crippen molar-refractivity contribution in [1.29, 1.82) is 0 Å². The zero-order valence-electron chi connectivity index (χ0n) is 7.14. The molecule has 0 radical (unpaired) electrons. The molecule has 0 aromatic rings. The van der Waals surface area contributed by atoms with E-state index in [0.717, 1.165) is 5.70 Å². The molecule has 0 aliphatic carbocycles. The summed E-state index contributed by atoms with van der Waals surface area (Å²) in [6.07, 6.45) is 9.12. The molecular weight excluding hydrogens is 150 g/mol. The van der Waals surface area contributed by atoms with Crippen LogP contribution in [0.4, 0.5) is 0 Å². The molecule has 3 nitrogen and oxygen atoms in total. The summed E-state index contributed by atoms with van der Waals surface area (Å²) < 4.78 is 0. The third-order valence-corrected chi connectivity index (χ3v) is 1.61. The monoisotopic (exact) mass is 163 g/mol. The minimum absolute atomic E-state index is 0.416. The molecule has 1 atom stereocenters. The molecule has 64 valence electrons. The van der Waals surface area contributed by atoms with Crippen molar-refractivity contribution in [1.82, 2.24) is 5.01 Å². The lowest BCUT2D eigenvalue weighted by Gasteiger charge is -2.11. The van der Waals surface area contributed by atoms with Crippen LogP contribution in [-0.4, -0.2) is 11.3 Å². The predicted molar refractivity (Wildman–Crippen MR) is 51.1 cm³/mol. The molecule has 0 aromatic carbocycles. The summed E-state index contributed by atoms with van der Waals surface area (Å²) >= 11 is 0. The lowest BCUT2D eigenvalue weighted by atomic mass is 10.2. The van der Waals surface area contributed by atoms with Crippen LogP contribution in [0, 0.1) is 5.92 Å². The molecule has 0 saturated heterocycles. The molecule has 0 bridgehead atoms. The van der Waals surface area contributed by atoms with Gasteiger partial charge >= 0.3 is 0 Å². The molecule has 0 spiro atoms. The Labute approximate surface area is 72.5 Å². The van der Waals surface area contributed by atoms with Gasteiger partial charge in [0.1, 0.15) is 6.34 Å². The average molecular weight is 163 g/mol. The molecule has 1 unspecified atom stereocenters. The van der Waals surface area contributed by atoms with Crippen molar-refractivity contribution >= 4 is 6.34 Å². The molecule has 1 aliphatic heterocycles. The maximum Gasteiger partial charge on any atom is 0.107 e. The van der Waals surface area contributed by atoms with Gasteiger partial charge in [-0.25, -0.2) is 5.01 Å². The van der Waals surface area contributed by atoms with Crippen molar-refractivity contribution in [2.45, 2.75) is 6.92 Å². The zero-order valence-corrected chi connectivity index (χ0v) is 7.14. The maximum atomic E-state index is 5.17. The molecule has 1 aliphatic rings. The second-order valence-corrected chi connectivity index (χ2v) is 2.66. The fourth-order valence-corrected chi connectivity index (χ4v) is 0.901. The second-order valence-electron chi connectivity index (χ2n) is 2.66. The average Bonchev–Trinajstić information content (AvgIpc) is 2.20. The van der Waals surface area contributed by atoms with Gasteiger partial charge in [0, 0.05) is 6.20 Å². The summed E-state index contributed by atoms with van der Waals surface area (Å²) in [4.78, 5) is 0. The Morgan fingerprint density at radius 3 is 3.08 bits per heavy atom. The SMILES string of the molecule is C=C1C=CC(C)C=CN1/N=C\N. The van der Waals surface area contributed by atoms with Crippen LogP contribution >= 0.6 is 0 Å². The molecule has 0 fully saturated rings. The minimum atomic E-state index is 0.416. The highest BCUT2D eigenvalue weighted by molar-refractivity contribution is 5.51. The lowest BCUT2D eigenvalue weighted by Crippen LogP contribution is -2.08. The Morgan fingerprint density at radius 1 is 1.67 bits per heavy atom. The first-order valence-corrected chi connectivity index (χ1v) is 3.83. The number of allylic oxidation sites excluding steroid dienone is 3. The molecule has 2 N–H and O–H groups in total. The van der Waals surface area contributed by atoms with Gasteiger partial charge in [-0.15, -0.1) is 0 Å². The maximum absolute atomic E-state index is 5.17. The number of rotatable bonds is 1. The summed E-state index contributed by atoms with van der Waals surface area (Å²) in [7, 11) is 0. The number of hydrogen-bond donors (Lipinski definition) is 1. The van der Waals surface area contributed by atoms with Crippen LogP contribution < -0.4 is 5.73 Å². The van der Waals surface area contributed by atoms with E-state index in [1.54, 1.807) is 5.01 Å². The van der Waals surface area contributed by atoms with E-state index in [0.29, 0.717) is 5.92 Å². The van der Waals surface area contributed by atoms with Crippen LogP contribution in [0.15, 0.2) is 41.8 Å². The molecular formula is C9H13N3. The number of hydrazone groups is 1. The van der Waals surface area contributed by atoms with Gasteiger partial charge in [0.25, 0.3) is 0 Å². The van der Waals surface area contributed by atoms with Crippen molar-refractivity contribution in [2.75, 3.05) is 0 Å².